The minimum absolute atomic E-state index is 0.728. The van der Waals surface area contributed by atoms with E-state index in [0.29, 0.717) is 0 Å². The second kappa shape index (κ2) is 4.56. The van der Waals surface area contributed by atoms with E-state index in [1.165, 1.54) is 0 Å². The first-order valence-electron chi connectivity index (χ1n) is 4.38. The number of rotatable bonds is 1. The molecule has 0 aromatic heterocycles. The fraction of sp³-hybridized carbons (Fsp3) is 0. The molecule has 0 radical (unpaired) electrons. The lowest BCUT2D eigenvalue weighted by Crippen LogP contribution is -1.79. The van der Waals surface area contributed by atoms with Crippen LogP contribution in [0.15, 0.2) is 46.9 Å². The van der Waals surface area contributed by atoms with Crippen molar-refractivity contribution in [1.82, 2.24) is 0 Å². The fourth-order valence-corrected chi connectivity index (χ4v) is 2.26. The van der Waals surface area contributed by atoms with Crippen LogP contribution in [0, 0.1) is 0 Å². The molecule has 0 aliphatic carbocycles. The van der Waals surface area contributed by atoms with Gasteiger partial charge < -0.3 is 0 Å². The van der Waals surface area contributed by atoms with Crippen LogP contribution in [-0.4, -0.2) is 0 Å². The van der Waals surface area contributed by atoms with Crippen molar-refractivity contribution in [3.8, 4) is 11.1 Å². The van der Waals surface area contributed by atoms with Gasteiger partial charge >= 0.3 is 0 Å². The summed E-state index contributed by atoms with van der Waals surface area (Å²) in [5.41, 5.74) is 2.08. The molecule has 2 rings (SSSR count). The minimum atomic E-state index is 0.728. The summed E-state index contributed by atoms with van der Waals surface area (Å²) in [5.74, 6) is 0. The molecular weight excluding hydrogens is 295 g/mol. The van der Waals surface area contributed by atoms with E-state index in [9.17, 15) is 0 Å². The zero-order chi connectivity index (χ0) is 10.8. The lowest BCUT2D eigenvalue weighted by Gasteiger charge is -2.04. The standard InChI is InChI=1S/C12H7BrCl2/c13-9-3-6-11(12(15)7-9)8-1-4-10(14)5-2-8/h1-7H. The Morgan fingerprint density at radius 2 is 1.53 bits per heavy atom. The zero-order valence-corrected chi connectivity index (χ0v) is 10.8. The average molecular weight is 302 g/mol. The minimum Gasteiger partial charge on any atom is -0.0843 e. The zero-order valence-electron chi connectivity index (χ0n) is 7.68. The first kappa shape index (κ1) is 11.0. The smallest absolute Gasteiger partial charge is 0.0495 e. The van der Waals surface area contributed by atoms with E-state index in [-0.39, 0.29) is 0 Å². The first-order valence-corrected chi connectivity index (χ1v) is 5.93. The van der Waals surface area contributed by atoms with Crippen LogP contribution in [0.4, 0.5) is 0 Å². The number of hydrogen-bond acceptors (Lipinski definition) is 0. The van der Waals surface area contributed by atoms with Gasteiger partial charge in [-0.3, -0.25) is 0 Å². The summed E-state index contributed by atoms with van der Waals surface area (Å²) in [6.07, 6.45) is 0. The maximum Gasteiger partial charge on any atom is 0.0495 e. The van der Waals surface area contributed by atoms with Gasteiger partial charge in [0.15, 0.2) is 0 Å². The van der Waals surface area contributed by atoms with Crippen LogP contribution in [0.1, 0.15) is 0 Å². The van der Waals surface area contributed by atoms with E-state index >= 15 is 0 Å². The Labute approximate surface area is 107 Å². The fourth-order valence-electron chi connectivity index (χ4n) is 1.35. The topological polar surface area (TPSA) is 0 Å². The van der Waals surface area contributed by atoms with Crippen molar-refractivity contribution < 1.29 is 0 Å². The van der Waals surface area contributed by atoms with Crippen LogP contribution < -0.4 is 0 Å². The summed E-state index contributed by atoms with van der Waals surface area (Å²) in [6.45, 7) is 0. The molecule has 0 heterocycles. The molecule has 0 nitrogen and oxygen atoms in total. The van der Waals surface area contributed by atoms with Crippen molar-refractivity contribution in [2.75, 3.05) is 0 Å². The Bertz CT molecular complexity index is 477. The first-order chi connectivity index (χ1) is 7.16. The van der Waals surface area contributed by atoms with E-state index in [1.807, 2.05) is 42.5 Å². The summed E-state index contributed by atoms with van der Waals surface area (Å²) < 4.78 is 0.977. The molecule has 0 N–H and O–H groups in total. The van der Waals surface area contributed by atoms with Crippen molar-refractivity contribution >= 4 is 39.1 Å². The summed E-state index contributed by atoms with van der Waals surface area (Å²) in [5, 5.41) is 1.46. The number of halogens is 3. The van der Waals surface area contributed by atoms with Crippen molar-refractivity contribution in [3.05, 3.63) is 57.0 Å². The third-order valence-corrected chi connectivity index (χ3v) is 3.14. The summed E-state index contributed by atoms with van der Waals surface area (Å²) in [7, 11) is 0. The molecule has 76 valence electrons. The molecule has 0 spiro atoms. The van der Waals surface area contributed by atoms with Gasteiger partial charge in [0.05, 0.1) is 0 Å². The van der Waals surface area contributed by atoms with Crippen molar-refractivity contribution in [3.63, 3.8) is 0 Å². The average Bonchev–Trinajstić information content (AvgIpc) is 2.20. The maximum absolute atomic E-state index is 6.14. The highest BCUT2D eigenvalue weighted by molar-refractivity contribution is 9.10. The van der Waals surface area contributed by atoms with Crippen molar-refractivity contribution in [2.24, 2.45) is 0 Å². The Kier molecular flexibility index (Phi) is 3.35. The third-order valence-electron chi connectivity index (χ3n) is 2.09. The second-order valence-corrected chi connectivity index (χ2v) is 4.89. The van der Waals surface area contributed by atoms with Crippen molar-refractivity contribution in [1.29, 1.82) is 0 Å². The lowest BCUT2D eigenvalue weighted by molar-refractivity contribution is 1.59. The predicted molar refractivity (Wildman–Crippen MR) is 69.6 cm³/mol. The van der Waals surface area contributed by atoms with Crippen LogP contribution in [0.5, 0.6) is 0 Å². The summed E-state index contributed by atoms with van der Waals surface area (Å²) in [4.78, 5) is 0. The highest BCUT2D eigenvalue weighted by Crippen LogP contribution is 2.30. The summed E-state index contributed by atoms with van der Waals surface area (Å²) in [6, 6.07) is 13.5. The van der Waals surface area contributed by atoms with E-state index in [4.69, 9.17) is 23.2 Å². The Morgan fingerprint density at radius 1 is 0.867 bits per heavy atom. The van der Waals surface area contributed by atoms with Gasteiger partial charge in [0, 0.05) is 20.1 Å². The summed E-state index contributed by atoms with van der Waals surface area (Å²) >= 11 is 15.3. The molecule has 2 aromatic rings. The molecule has 0 bridgehead atoms. The van der Waals surface area contributed by atoms with Crippen molar-refractivity contribution in [2.45, 2.75) is 0 Å². The van der Waals surface area contributed by atoms with E-state index < -0.39 is 0 Å². The van der Waals surface area contributed by atoms with Crippen LogP contribution >= 0.6 is 39.1 Å². The van der Waals surface area contributed by atoms with Gasteiger partial charge in [-0.05, 0) is 29.8 Å². The Balaban J connectivity index is 2.49. The molecular formula is C12H7BrCl2. The monoisotopic (exact) mass is 300 g/mol. The van der Waals surface area contributed by atoms with Gasteiger partial charge in [0.1, 0.15) is 0 Å². The SMILES string of the molecule is Clc1ccc(-c2ccc(Br)cc2Cl)cc1. The van der Waals surface area contributed by atoms with Gasteiger partial charge in [-0.15, -0.1) is 0 Å². The molecule has 0 atom stereocenters. The Hall–Kier alpha value is -0.500. The van der Waals surface area contributed by atoms with E-state index in [2.05, 4.69) is 15.9 Å². The molecule has 2 aromatic carbocycles. The van der Waals surface area contributed by atoms with Crippen LogP contribution in [0.25, 0.3) is 11.1 Å². The van der Waals surface area contributed by atoms with Gasteiger partial charge in [-0.1, -0.05) is 57.3 Å². The molecule has 0 aliphatic rings. The van der Waals surface area contributed by atoms with Gasteiger partial charge in [0.2, 0.25) is 0 Å². The largest absolute Gasteiger partial charge is 0.0843 e. The number of benzene rings is 2. The highest BCUT2D eigenvalue weighted by atomic mass is 79.9. The molecule has 0 unspecified atom stereocenters. The normalized spacial score (nSPS) is 10.3. The van der Waals surface area contributed by atoms with Crippen LogP contribution in [0.3, 0.4) is 0 Å². The maximum atomic E-state index is 6.14. The molecule has 15 heavy (non-hydrogen) atoms. The van der Waals surface area contributed by atoms with Crippen LogP contribution in [0.2, 0.25) is 10.0 Å². The molecule has 0 aliphatic heterocycles. The van der Waals surface area contributed by atoms with Gasteiger partial charge in [-0.25, -0.2) is 0 Å². The predicted octanol–water partition coefficient (Wildman–Crippen LogP) is 5.42. The molecule has 0 amide bonds. The molecule has 0 saturated heterocycles. The van der Waals surface area contributed by atoms with E-state index in [1.54, 1.807) is 0 Å². The van der Waals surface area contributed by atoms with Crippen LogP contribution in [-0.2, 0) is 0 Å². The van der Waals surface area contributed by atoms with Gasteiger partial charge in [0.25, 0.3) is 0 Å². The lowest BCUT2D eigenvalue weighted by atomic mass is 10.1. The van der Waals surface area contributed by atoms with E-state index in [0.717, 1.165) is 25.6 Å². The molecule has 0 saturated carbocycles. The second-order valence-electron chi connectivity index (χ2n) is 3.13. The molecule has 0 fully saturated rings. The van der Waals surface area contributed by atoms with Gasteiger partial charge in [-0.2, -0.15) is 0 Å². The third kappa shape index (κ3) is 2.54. The number of hydrogen-bond donors (Lipinski definition) is 0. The quantitative estimate of drug-likeness (QED) is 0.659. The highest BCUT2D eigenvalue weighted by Gasteiger charge is 2.03. The molecule has 3 heteroatoms. The Morgan fingerprint density at radius 3 is 2.13 bits per heavy atom.